The quantitative estimate of drug-likeness (QED) is 0.875. The molecule has 1 aliphatic rings. The largest absolute Gasteiger partial charge is 0.496 e. The average Bonchev–Trinajstić information content (AvgIpc) is 2.40. The zero-order chi connectivity index (χ0) is 12.8. The Balaban J connectivity index is 1.77. The van der Waals surface area contributed by atoms with Crippen LogP contribution in [0.1, 0.15) is 6.42 Å². The van der Waals surface area contributed by atoms with Gasteiger partial charge >= 0.3 is 0 Å². The molecule has 2 N–H and O–H groups in total. The molecule has 0 saturated carbocycles. The minimum absolute atomic E-state index is 0.327. The summed E-state index contributed by atoms with van der Waals surface area (Å²) in [5.74, 6) is 0.848. The number of ether oxygens (including phenoxy) is 2. The Bertz CT molecular complexity index is 381. The Labute approximate surface area is 116 Å². The summed E-state index contributed by atoms with van der Waals surface area (Å²) in [4.78, 5) is 0. The number of benzene rings is 1. The van der Waals surface area contributed by atoms with E-state index in [-0.39, 0.29) is 0 Å². The molecule has 100 valence electrons. The fraction of sp³-hybridized carbons (Fsp3) is 0.538. The lowest BCUT2D eigenvalue weighted by Crippen LogP contribution is -2.39. The van der Waals surface area contributed by atoms with E-state index in [1.807, 2.05) is 18.2 Å². The summed E-state index contributed by atoms with van der Waals surface area (Å²) in [6, 6.07) is 5.99. The van der Waals surface area contributed by atoms with Gasteiger partial charge in [0.15, 0.2) is 0 Å². The molecule has 1 aliphatic heterocycles. The van der Waals surface area contributed by atoms with Gasteiger partial charge in [0.05, 0.1) is 24.3 Å². The van der Waals surface area contributed by atoms with Crippen molar-refractivity contribution in [2.45, 2.75) is 12.5 Å². The van der Waals surface area contributed by atoms with Crippen LogP contribution in [0.15, 0.2) is 22.7 Å². The van der Waals surface area contributed by atoms with E-state index in [9.17, 15) is 0 Å². The first-order valence-electron chi connectivity index (χ1n) is 6.19. The summed E-state index contributed by atoms with van der Waals surface area (Å²) >= 11 is 3.48. The standard InChI is InChI=1S/C13H19BrN2O2/c1-17-13-3-2-10(8-12(13)14)16-5-4-11-9-15-6-7-18-11/h2-3,8,11,15-16H,4-7,9H2,1H3. The zero-order valence-electron chi connectivity index (χ0n) is 10.5. The number of morpholine rings is 1. The second kappa shape index (κ2) is 6.97. The molecule has 2 rings (SSSR count). The highest BCUT2D eigenvalue weighted by Crippen LogP contribution is 2.27. The van der Waals surface area contributed by atoms with Gasteiger partial charge in [0.1, 0.15) is 5.75 Å². The van der Waals surface area contributed by atoms with Crippen molar-refractivity contribution in [2.75, 3.05) is 38.7 Å². The summed E-state index contributed by atoms with van der Waals surface area (Å²) in [6.07, 6.45) is 1.34. The van der Waals surface area contributed by atoms with Gasteiger partial charge in [-0.2, -0.15) is 0 Å². The predicted octanol–water partition coefficient (Wildman–Crippen LogP) is 2.25. The Hall–Kier alpha value is -0.780. The Morgan fingerprint density at radius 2 is 2.44 bits per heavy atom. The molecule has 1 heterocycles. The van der Waals surface area contributed by atoms with Gasteiger partial charge in [-0.3, -0.25) is 0 Å². The van der Waals surface area contributed by atoms with Crippen LogP contribution < -0.4 is 15.4 Å². The maximum Gasteiger partial charge on any atom is 0.133 e. The molecule has 1 atom stereocenters. The van der Waals surface area contributed by atoms with Gasteiger partial charge in [0, 0.05) is 25.3 Å². The van der Waals surface area contributed by atoms with E-state index in [2.05, 4.69) is 26.6 Å². The van der Waals surface area contributed by atoms with Crippen molar-refractivity contribution in [3.8, 4) is 5.75 Å². The van der Waals surface area contributed by atoms with E-state index in [4.69, 9.17) is 9.47 Å². The van der Waals surface area contributed by atoms with Crippen molar-refractivity contribution in [1.29, 1.82) is 0 Å². The first kappa shape index (κ1) is 13.6. The van der Waals surface area contributed by atoms with Crippen LogP contribution in [-0.2, 0) is 4.74 Å². The second-order valence-corrected chi connectivity index (χ2v) is 5.12. The van der Waals surface area contributed by atoms with E-state index in [1.54, 1.807) is 7.11 Å². The number of halogens is 1. The smallest absolute Gasteiger partial charge is 0.133 e. The molecular weight excluding hydrogens is 296 g/mol. The molecule has 1 saturated heterocycles. The van der Waals surface area contributed by atoms with Crippen LogP contribution in [0.3, 0.4) is 0 Å². The molecule has 1 aromatic carbocycles. The fourth-order valence-corrected chi connectivity index (χ4v) is 2.50. The summed E-state index contributed by atoms with van der Waals surface area (Å²) in [6.45, 7) is 3.65. The molecule has 1 aromatic rings. The highest BCUT2D eigenvalue weighted by Gasteiger charge is 2.12. The molecule has 0 aromatic heterocycles. The van der Waals surface area contributed by atoms with Crippen LogP contribution >= 0.6 is 15.9 Å². The first-order chi connectivity index (χ1) is 8.79. The van der Waals surface area contributed by atoms with Crippen molar-refractivity contribution in [3.05, 3.63) is 22.7 Å². The van der Waals surface area contributed by atoms with E-state index < -0.39 is 0 Å². The number of hydrogen-bond donors (Lipinski definition) is 2. The predicted molar refractivity (Wildman–Crippen MR) is 76.4 cm³/mol. The van der Waals surface area contributed by atoms with Gasteiger partial charge in [-0.25, -0.2) is 0 Å². The van der Waals surface area contributed by atoms with Gasteiger partial charge in [-0.05, 0) is 40.5 Å². The van der Waals surface area contributed by atoms with Crippen molar-refractivity contribution >= 4 is 21.6 Å². The Kier molecular flexibility index (Phi) is 5.28. The normalized spacial score (nSPS) is 19.6. The maximum absolute atomic E-state index is 5.64. The maximum atomic E-state index is 5.64. The van der Waals surface area contributed by atoms with E-state index >= 15 is 0 Å². The van der Waals surface area contributed by atoms with E-state index in [0.29, 0.717) is 6.10 Å². The van der Waals surface area contributed by atoms with Gasteiger partial charge in [0.25, 0.3) is 0 Å². The molecular formula is C13H19BrN2O2. The molecule has 0 aliphatic carbocycles. The molecule has 0 bridgehead atoms. The van der Waals surface area contributed by atoms with Gasteiger partial charge in [0.2, 0.25) is 0 Å². The Morgan fingerprint density at radius 3 is 3.11 bits per heavy atom. The summed E-state index contributed by atoms with van der Waals surface area (Å²) in [7, 11) is 1.67. The molecule has 0 spiro atoms. The fourth-order valence-electron chi connectivity index (χ4n) is 1.96. The monoisotopic (exact) mass is 314 g/mol. The van der Waals surface area contributed by atoms with Crippen molar-refractivity contribution < 1.29 is 9.47 Å². The van der Waals surface area contributed by atoms with E-state index in [0.717, 1.165) is 48.6 Å². The molecule has 1 fully saturated rings. The number of rotatable bonds is 5. The second-order valence-electron chi connectivity index (χ2n) is 4.26. The third-order valence-electron chi connectivity index (χ3n) is 2.95. The number of hydrogen-bond acceptors (Lipinski definition) is 4. The SMILES string of the molecule is COc1ccc(NCCC2CNCCO2)cc1Br. The van der Waals surface area contributed by atoms with Crippen LogP contribution in [0, 0.1) is 0 Å². The molecule has 5 heteroatoms. The van der Waals surface area contributed by atoms with Crippen molar-refractivity contribution in [3.63, 3.8) is 0 Å². The summed E-state index contributed by atoms with van der Waals surface area (Å²) < 4.78 is 11.8. The van der Waals surface area contributed by atoms with Crippen LogP contribution in [0.5, 0.6) is 5.75 Å². The molecule has 0 radical (unpaired) electrons. The van der Waals surface area contributed by atoms with E-state index in [1.165, 1.54) is 0 Å². The topological polar surface area (TPSA) is 42.5 Å². The van der Waals surface area contributed by atoms with Crippen LogP contribution in [0.2, 0.25) is 0 Å². The molecule has 4 nitrogen and oxygen atoms in total. The third kappa shape index (κ3) is 3.86. The Morgan fingerprint density at radius 1 is 1.56 bits per heavy atom. The lowest BCUT2D eigenvalue weighted by Gasteiger charge is -2.23. The van der Waals surface area contributed by atoms with Gasteiger partial charge < -0.3 is 20.1 Å². The van der Waals surface area contributed by atoms with Crippen LogP contribution in [-0.4, -0.2) is 39.5 Å². The number of nitrogens with one attached hydrogen (secondary N) is 2. The average molecular weight is 315 g/mol. The number of anilines is 1. The van der Waals surface area contributed by atoms with Gasteiger partial charge in [-0.15, -0.1) is 0 Å². The molecule has 18 heavy (non-hydrogen) atoms. The highest BCUT2D eigenvalue weighted by atomic mass is 79.9. The zero-order valence-corrected chi connectivity index (χ0v) is 12.1. The minimum atomic E-state index is 0.327. The summed E-state index contributed by atoms with van der Waals surface area (Å²) in [5.41, 5.74) is 1.09. The van der Waals surface area contributed by atoms with Crippen molar-refractivity contribution in [1.82, 2.24) is 5.32 Å². The lowest BCUT2D eigenvalue weighted by molar-refractivity contribution is 0.0258. The van der Waals surface area contributed by atoms with Crippen LogP contribution in [0.25, 0.3) is 0 Å². The minimum Gasteiger partial charge on any atom is -0.496 e. The first-order valence-corrected chi connectivity index (χ1v) is 6.98. The molecule has 1 unspecified atom stereocenters. The molecule has 0 amide bonds. The van der Waals surface area contributed by atoms with Crippen molar-refractivity contribution in [2.24, 2.45) is 0 Å². The summed E-state index contributed by atoms with van der Waals surface area (Å²) in [5, 5.41) is 6.72. The lowest BCUT2D eigenvalue weighted by atomic mass is 10.2. The highest BCUT2D eigenvalue weighted by molar-refractivity contribution is 9.10. The van der Waals surface area contributed by atoms with Crippen LogP contribution in [0.4, 0.5) is 5.69 Å². The number of methoxy groups -OCH3 is 1. The van der Waals surface area contributed by atoms with Gasteiger partial charge in [-0.1, -0.05) is 0 Å². The third-order valence-corrected chi connectivity index (χ3v) is 3.57.